The van der Waals surface area contributed by atoms with Gasteiger partial charge in [0.25, 0.3) is 5.91 Å². The minimum absolute atomic E-state index is 0.0753. The van der Waals surface area contributed by atoms with E-state index in [0.717, 1.165) is 17.7 Å². The van der Waals surface area contributed by atoms with Crippen molar-refractivity contribution >= 4 is 5.91 Å². The van der Waals surface area contributed by atoms with E-state index in [-0.39, 0.29) is 12.0 Å². The van der Waals surface area contributed by atoms with Crippen LogP contribution in [0.15, 0.2) is 29.1 Å². The molecule has 0 unspecified atom stereocenters. The number of morpholine rings is 1. The molecule has 3 heterocycles. The lowest BCUT2D eigenvalue weighted by Crippen LogP contribution is -2.42. The van der Waals surface area contributed by atoms with Gasteiger partial charge in [0, 0.05) is 30.4 Å². The van der Waals surface area contributed by atoms with Gasteiger partial charge in [0.1, 0.15) is 6.10 Å². The molecule has 1 atom stereocenters. The minimum Gasteiger partial charge on any atom is -0.459 e. The third-order valence-electron chi connectivity index (χ3n) is 3.76. The van der Waals surface area contributed by atoms with Crippen LogP contribution in [0.4, 0.5) is 0 Å². The van der Waals surface area contributed by atoms with Crippen LogP contribution < -0.4 is 0 Å². The van der Waals surface area contributed by atoms with Gasteiger partial charge in [-0.1, -0.05) is 0 Å². The van der Waals surface area contributed by atoms with Gasteiger partial charge >= 0.3 is 0 Å². The number of aromatic nitrogens is 2. The lowest BCUT2D eigenvalue weighted by atomic mass is 10.1. The Balaban J connectivity index is 1.74. The summed E-state index contributed by atoms with van der Waals surface area (Å²) in [5.41, 5.74) is 1.87. The summed E-state index contributed by atoms with van der Waals surface area (Å²) in [5.74, 6) is 0.341. The summed E-state index contributed by atoms with van der Waals surface area (Å²) < 4.78 is 12.9. The van der Waals surface area contributed by atoms with Crippen molar-refractivity contribution in [1.29, 1.82) is 0 Å². The molecule has 3 rings (SSSR count). The van der Waals surface area contributed by atoms with E-state index in [1.807, 2.05) is 24.7 Å². The van der Waals surface area contributed by atoms with Crippen LogP contribution in [0.1, 0.15) is 34.7 Å². The first-order valence-electron chi connectivity index (χ1n) is 7.16. The maximum Gasteiger partial charge on any atom is 0.290 e. The summed E-state index contributed by atoms with van der Waals surface area (Å²) in [6, 6.07) is 1.80. The molecule has 0 N–H and O–H groups in total. The summed E-state index contributed by atoms with van der Waals surface area (Å²) in [6.45, 7) is 6.36. The van der Waals surface area contributed by atoms with Crippen molar-refractivity contribution < 1.29 is 13.9 Å². The summed E-state index contributed by atoms with van der Waals surface area (Å²) >= 11 is 0. The molecule has 1 saturated heterocycles. The van der Waals surface area contributed by atoms with Crippen LogP contribution in [0.25, 0.3) is 0 Å². The van der Waals surface area contributed by atoms with E-state index in [9.17, 15) is 4.79 Å². The number of hydrogen-bond donors (Lipinski definition) is 0. The van der Waals surface area contributed by atoms with Gasteiger partial charge in [0.15, 0.2) is 5.76 Å². The van der Waals surface area contributed by atoms with Crippen LogP contribution >= 0.6 is 0 Å². The number of aryl methyl sites for hydroxylation is 2. The van der Waals surface area contributed by atoms with E-state index < -0.39 is 0 Å². The quantitative estimate of drug-likeness (QED) is 0.867. The first kappa shape index (κ1) is 13.9. The zero-order valence-electron chi connectivity index (χ0n) is 12.3. The Kier molecular flexibility index (Phi) is 3.79. The van der Waals surface area contributed by atoms with E-state index in [2.05, 4.69) is 5.10 Å². The summed E-state index contributed by atoms with van der Waals surface area (Å²) in [7, 11) is 0. The Labute approximate surface area is 123 Å². The number of ether oxygens (including phenoxy) is 1. The van der Waals surface area contributed by atoms with Crippen molar-refractivity contribution in [2.75, 3.05) is 19.7 Å². The van der Waals surface area contributed by atoms with Gasteiger partial charge in [-0.25, -0.2) is 0 Å². The Hall–Kier alpha value is -2.08. The largest absolute Gasteiger partial charge is 0.459 e. The Morgan fingerprint density at radius 2 is 2.38 bits per heavy atom. The molecule has 1 fully saturated rings. The molecule has 0 aliphatic carbocycles. The van der Waals surface area contributed by atoms with Gasteiger partial charge in [0.2, 0.25) is 0 Å². The zero-order chi connectivity index (χ0) is 14.8. The molecule has 2 aromatic rings. The first-order chi connectivity index (χ1) is 10.2. The van der Waals surface area contributed by atoms with Crippen LogP contribution in [0.3, 0.4) is 0 Å². The molecule has 1 amide bonds. The summed E-state index contributed by atoms with van der Waals surface area (Å²) in [4.78, 5) is 14.3. The first-order valence-corrected chi connectivity index (χ1v) is 7.16. The molecule has 2 aromatic heterocycles. The minimum atomic E-state index is -0.127. The zero-order valence-corrected chi connectivity index (χ0v) is 12.3. The summed E-state index contributed by atoms with van der Waals surface area (Å²) in [6.07, 6.45) is 5.20. The fraction of sp³-hybridized carbons (Fsp3) is 0.467. The van der Waals surface area contributed by atoms with Crippen LogP contribution in [0.5, 0.6) is 0 Å². The fourth-order valence-electron chi connectivity index (χ4n) is 2.49. The predicted molar refractivity (Wildman–Crippen MR) is 75.9 cm³/mol. The predicted octanol–water partition coefficient (Wildman–Crippen LogP) is 2.02. The molecule has 6 heteroatoms. The van der Waals surface area contributed by atoms with E-state index in [1.165, 1.54) is 0 Å². The SMILES string of the molecule is CCn1cc([C@H]2CN(C(=O)c3occc3C)CCO2)cn1. The summed E-state index contributed by atoms with van der Waals surface area (Å²) in [5, 5.41) is 4.26. The highest BCUT2D eigenvalue weighted by atomic mass is 16.5. The van der Waals surface area contributed by atoms with Crippen LogP contribution in [-0.4, -0.2) is 40.3 Å². The molecule has 0 bridgehead atoms. The highest BCUT2D eigenvalue weighted by molar-refractivity contribution is 5.92. The number of rotatable bonds is 3. The molecule has 1 aliphatic heterocycles. The number of nitrogens with zero attached hydrogens (tertiary/aromatic N) is 3. The Morgan fingerprint density at radius 1 is 1.52 bits per heavy atom. The number of carbonyl (C=O) groups is 1. The van der Waals surface area contributed by atoms with E-state index in [4.69, 9.17) is 9.15 Å². The lowest BCUT2D eigenvalue weighted by molar-refractivity contribution is -0.0238. The van der Waals surface area contributed by atoms with E-state index in [0.29, 0.717) is 25.5 Å². The highest BCUT2D eigenvalue weighted by Gasteiger charge is 2.28. The third kappa shape index (κ3) is 2.71. The molecule has 0 radical (unpaired) electrons. The number of furan rings is 1. The second kappa shape index (κ2) is 5.73. The molecule has 21 heavy (non-hydrogen) atoms. The van der Waals surface area contributed by atoms with Crippen LogP contribution in [0, 0.1) is 6.92 Å². The number of hydrogen-bond acceptors (Lipinski definition) is 4. The van der Waals surface area contributed by atoms with Gasteiger partial charge in [0.05, 0.1) is 25.6 Å². The van der Waals surface area contributed by atoms with Crippen molar-refractivity contribution in [3.63, 3.8) is 0 Å². The molecule has 0 aromatic carbocycles. The molecular weight excluding hydrogens is 270 g/mol. The highest BCUT2D eigenvalue weighted by Crippen LogP contribution is 2.23. The van der Waals surface area contributed by atoms with Crippen LogP contribution in [-0.2, 0) is 11.3 Å². The van der Waals surface area contributed by atoms with Crippen molar-refractivity contribution in [2.24, 2.45) is 0 Å². The maximum absolute atomic E-state index is 12.5. The van der Waals surface area contributed by atoms with E-state index >= 15 is 0 Å². The maximum atomic E-state index is 12.5. The van der Waals surface area contributed by atoms with Gasteiger partial charge in [-0.15, -0.1) is 0 Å². The molecule has 0 spiro atoms. The molecule has 112 valence electrons. The standard InChI is InChI=1S/C15H19N3O3/c1-3-18-9-12(8-16-18)13-10-17(5-7-20-13)15(19)14-11(2)4-6-21-14/h4,6,8-9,13H,3,5,7,10H2,1-2H3/t13-/m1/s1. The average Bonchev–Trinajstić information content (AvgIpc) is 3.15. The molecule has 0 saturated carbocycles. The van der Waals surface area contributed by atoms with Crippen LogP contribution in [0.2, 0.25) is 0 Å². The third-order valence-corrected chi connectivity index (χ3v) is 3.76. The second-order valence-corrected chi connectivity index (χ2v) is 5.17. The Bertz CT molecular complexity index is 632. The van der Waals surface area contributed by atoms with Crippen molar-refractivity contribution in [2.45, 2.75) is 26.5 Å². The van der Waals surface area contributed by atoms with Gasteiger partial charge < -0.3 is 14.1 Å². The molecular formula is C15H19N3O3. The smallest absolute Gasteiger partial charge is 0.290 e. The van der Waals surface area contributed by atoms with Gasteiger partial charge in [-0.05, 0) is 19.9 Å². The van der Waals surface area contributed by atoms with Crippen molar-refractivity contribution in [3.8, 4) is 0 Å². The normalized spacial score (nSPS) is 19.0. The van der Waals surface area contributed by atoms with Crippen molar-refractivity contribution in [3.05, 3.63) is 41.6 Å². The second-order valence-electron chi connectivity index (χ2n) is 5.17. The monoisotopic (exact) mass is 289 g/mol. The number of amides is 1. The van der Waals surface area contributed by atoms with Gasteiger partial charge in [-0.2, -0.15) is 5.10 Å². The van der Waals surface area contributed by atoms with E-state index in [1.54, 1.807) is 23.4 Å². The topological polar surface area (TPSA) is 60.5 Å². The molecule has 1 aliphatic rings. The Morgan fingerprint density at radius 3 is 3.05 bits per heavy atom. The van der Waals surface area contributed by atoms with Gasteiger partial charge in [-0.3, -0.25) is 9.48 Å². The average molecular weight is 289 g/mol. The molecule has 6 nitrogen and oxygen atoms in total. The van der Waals surface area contributed by atoms with Crippen molar-refractivity contribution in [1.82, 2.24) is 14.7 Å². The number of carbonyl (C=O) groups excluding carboxylic acids is 1. The fourth-order valence-corrected chi connectivity index (χ4v) is 2.49. The lowest BCUT2D eigenvalue weighted by Gasteiger charge is -2.32.